The molecule has 5 nitrogen and oxygen atoms in total. The minimum absolute atomic E-state index is 0.0168. The number of unbranched alkanes of at least 4 members (excludes halogenated alkanes) is 1. The van der Waals surface area contributed by atoms with E-state index in [2.05, 4.69) is 29.7 Å². The Morgan fingerprint density at radius 1 is 0.703 bits per heavy atom. The Hall–Kier alpha value is -3.41. The second-order valence-electron chi connectivity index (χ2n) is 9.65. The van der Waals surface area contributed by atoms with Crippen molar-refractivity contribution in [2.24, 2.45) is 5.92 Å². The maximum atomic E-state index is 13.2. The highest BCUT2D eigenvalue weighted by molar-refractivity contribution is 5.98. The van der Waals surface area contributed by atoms with Crippen molar-refractivity contribution < 1.29 is 14.4 Å². The molecule has 0 unspecified atom stereocenters. The lowest BCUT2D eigenvalue weighted by Crippen LogP contribution is -2.40. The van der Waals surface area contributed by atoms with Gasteiger partial charge in [0.15, 0.2) is 11.6 Å². The Kier molecular flexibility index (Phi) is 11.9. The zero-order chi connectivity index (χ0) is 26.3. The summed E-state index contributed by atoms with van der Waals surface area (Å²) in [6.07, 6.45) is 3.65. The Bertz CT molecular complexity index is 1100. The number of hydrogen-bond acceptors (Lipinski definition) is 5. The average molecular weight is 499 g/mol. The molecule has 0 spiro atoms. The number of Topliss-reactive ketones (excluding diaryl/α,β-unsaturated/α-hetero) is 3. The summed E-state index contributed by atoms with van der Waals surface area (Å²) in [5.74, 6) is 0.421. The van der Waals surface area contributed by atoms with Gasteiger partial charge in [-0.1, -0.05) is 104 Å². The van der Waals surface area contributed by atoms with E-state index in [0.29, 0.717) is 37.1 Å². The third kappa shape index (κ3) is 10.2. The van der Waals surface area contributed by atoms with Crippen LogP contribution in [0.2, 0.25) is 0 Å². The van der Waals surface area contributed by atoms with Gasteiger partial charge in [0, 0.05) is 17.5 Å². The Balaban J connectivity index is 1.47. The molecule has 0 saturated carbocycles. The first-order valence-electron chi connectivity index (χ1n) is 13.2. The number of nitrogens with one attached hydrogen (secondary N) is 2. The predicted molar refractivity (Wildman–Crippen MR) is 149 cm³/mol. The molecule has 0 aliphatic rings. The number of benzene rings is 3. The van der Waals surface area contributed by atoms with Crippen LogP contribution in [-0.2, 0) is 11.2 Å². The molecule has 0 fully saturated rings. The van der Waals surface area contributed by atoms with Gasteiger partial charge in [0.25, 0.3) is 0 Å². The van der Waals surface area contributed by atoms with Crippen molar-refractivity contribution in [1.29, 1.82) is 0 Å². The maximum absolute atomic E-state index is 13.2. The standard InChI is InChI=1S/C32H38N2O3/c1-25(21-26-13-5-2-6-14-26)22-30(35)29(34-24-32(37)28-17-9-4-10-18-28)19-11-12-20-33-23-31(36)27-15-7-3-8-16-27/h2-10,13-18,25,29,33-34H,11-12,19-24H2,1H3/t25-,29-/m0/s1. The van der Waals surface area contributed by atoms with Crippen LogP contribution in [-0.4, -0.2) is 43.0 Å². The molecule has 0 amide bonds. The summed E-state index contributed by atoms with van der Waals surface area (Å²) < 4.78 is 0. The van der Waals surface area contributed by atoms with E-state index in [4.69, 9.17) is 0 Å². The smallest absolute Gasteiger partial charge is 0.176 e. The molecule has 5 heteroatoms. The summed E-state index contributed by atoms with van der Waals surface area (Å²) in [6, 6.07) is 28.3. The Morgan fingerprint density at radius 2 is 1.24 bits per heavy atom. The summed E-state index contributed by atoms with van der Waals surface area (Å²) >= 11 is 0. The normalized spacial score (nSPS) is 12.6. The second kappa shape index (κ2) is 15.6. The number of carbonyl (C=O) groups is 3. The van der Waals surface area contributed by atoms with Gasteiger partial charge >= 0.3 is 0 Å². The lowest BCUT2D eigenvalue weighted by Gasteiger charge is -2.20. The summed E-state index contributed by atoms with van der Waals surface area (Å²) in [4.78, 5) is 38.1. The summed E-state index contributed by atoms with van der Waals surface area (Å²) in [6.45, 7) is 3.24. The molecular weight excluding hydrogens is 460 g/mol. The van der Waals surface area contributed by atoms with Crippen LogP contribution in [0.1, 0.15) is 58.9 Å². The van der Waals surface area contributed by atoms with Crippen molar-refractivity contribution in [3.63, 3.8) is 0 Å². The first kappa shape index (κ1) is 28.2. The van der Waals surface area contributed by atoms with Gasteiger partial charge in [-0.2, -0.15) is 0 Å². The van der Waals surface area contributed by atoms with E-state index in [-0.39, 0.29) is 35.9 Å². The van der Waals surface area contributed by atoms with E-state index in [9.17, 15) is 14.4 Å². The lowest BCUT2D eigenvalue weighted by molar-refractivity contribution is -0.122. The van der Waals surface area contributed by atoms with Crippen LogP contribution in [0.3, 0.4) is 0 Å². The first-order chi connectivity index (χ1) is 18.0. The molecule has 37 heavy (non-hydrogen) atoms. The van der Waals surface area contributed by atoms with Gasteiger partial charge in [0.05, 0.1) is 19.1 Å². The number of hydrogen-bond donors (Lipinski definition) is 2. The zero-order valence-corrected chi connectivity index (χ0v) is 21.7. The van der Waals surface area contributed by atoms with Gasteiger partial charge < -0.3 is 10.6 Å². The summed E-state index contributed by atoms with van der Waals surface area (Å²) in [5, 5.41) is 6.45. The Labute approximate surface area is 220 Å². The van der Waals surface area contributed by atoms with Gasteiger partial charge in [-0.05, 0) is 37.3 Å². The quantitative estimate of drug-likeness (QED) is 0.195. The first-order valence-corrected chi connectivity index (χ1v) is 13.2. The fourth-order valence-corrected chi connectivity index (χ4v) is 4.42. The summed E-state index contributed by atoms with van der Waals surface area (Å²) in [5.41, 5.74) is 2.58. The maximum Gasteiger partial charge on any atom is 0.176 e. The fraction of sp³-hybridized carbons (Fsp3) is 0.344. The van der Waals surface area contributed by atoms with E-state index in [1.165, 1.54) is 5.56 Å². The van der Waals surface area contributed by atoms with Crippen molar-refractivity contribution >= 4 is 17.3 Å². The molecule has 2 N–H and O–H groups in total. The second-order valence-corrected chi connectivity index (χ2v) is 9.65. The highest BCUT2D eigenvalue weighted by Crippen LogP contribution is 2.15. The largest absolute Gasteiger partial charge is 0.310 e. The molecule has 0 bridgehead atoms. The molecule has 0 saturated heterocycles. The van der Waals surface area contributed by atoms with Crippen molar-refractivity contribution in [2.45, 2.75) is 45.1 Å². The highest BCUT2D eigenvalue weighted by atomic mass is 16.1. The molecule has 0 aliphatic carbocycles. The molecular formula is C32H38N2O3. The third-order valence-corrected chi connectivity index (χ3v) is 6.45. The van der Waals surface area contributed by atoms with Crippen molar-refractivity contribution in [3.05, 3.63) is 108 Å². The minimum Gasteiger partial charge on any atom is -0.310 e. The van der Waals surface area contributed by atoms with Gasteiger partial charge in [0.2, 0.25) is 0 Å². The van der Waals surface area contributed by atoms with Crippen LogP contribution in [0.5, 0.6) is 0 Å². The molecule has 0 heterocycles. The SMILES string of the molecule is C[C@H](CC(=O)[C@H](CCCCNCC(=O)c1ccccc1)NCC(=O)c1ccccc1)Cc1ccccc1. The number of rotatable bonds is 17. The predicted octanol–water partition coefficient (Wildman–Crippen LogP) is 5.31. The van der Waals surface area contributed by atoms with Gasteiger partial charge in [-0.25, -0.2) is 0 Å². The van der Waals surface area contributed by atoms with Crippen LogP contribution in [0.15, 0.2) is 91.0 Å². The zero-order valence-electron chi connectivity index (χ0n) is 21.7. The monoisotopic (exact) mass is 498 g/mol. The number of carbonyl (C=O) groups excluding carboxylic acids is 3. The average Bonchev–Trinajstić information content (AvgIpc) is 2.93. The fourth-order valence-electron chi connectivity index (χ4n) is 4.42. The van der Waals surface area contributed by atoms with Crippen LogP contribution in [0.25, 0.3) is 0 Å². The minimum atomic E-state index is -0.364. The summed E-state index contributed by atoms with van der Waals surface area (Å²) in [7, 11) is 0. The van der Waals surface area contributed by atoms with Crippen LogP contribution in [0, 0.1) is 5.92 Å². The molecule has 2 atom stereocenters. The Morgan fingerprint density at radius 3 is 1.84 bits per heavy atom. The molecule has 194 valence electrons. The van der Waals surface area contributed by atoms with Gasteiger partial charge in [0.1, 0.15) is 5.78 Å². The molecule has 3 rings (SSSR count). The molecule has 3 aromatic carbocycles. The molecule has 0 aliphatic heterocycles. The van der Waals surface area contributed by atoms with E-state index in [0.717, 1.165) is 19.3 Å². The van der Waals surface area contributed by atoms with E-state index >= 15 is 0 Å². The van der Waals surface area contributed by atoms with Crippen LogP contribution >= 0.6 is 0 Å². The number of ketones is 3. The third-order valence-electron chi connectivity index (χ3n) is 6.45. The van der Waals surface area contributed by atoms with Crippen LogP contribution < -0.4 is 10.6 Å². The van der Waals surface area contributed by atoms with Crippen molar-refractivity contribution in [3.8, 4) is 0 Å². The van der Waals surface area contributed by atoms with Crippen molar-refractivity contribution in [1.82, 2.24) is 10.6 Å². The molecule has 3 aromatic rings. The highest BCUT2D eigenvalue weighted by Gasteiger charge is 2.21. The topological polar surface area (TPSA) is 75.3 Å². The van der Waals surface area contributed by atoms with E-state index in [1.807, 2.05) is 66.7 Å². The van der Waals surface area contributed by atoms with E-state index in [1.54, 1.807) is 12.1 Å². The molecule has 0 radical (unpaired) electrons. The van der Waals surface area contributed by atoms with Crippen LogP contribution in [0.4, 0.5) is 0 Å². The van der Waals surface area contributed by atoms with Gasteiger partial charge in [-0.15, -0.1) is 0 Å². The lowest BCUT2D eigenvalue weighted by atomic mass is 9.92. The van der Waals surface area contributed by atoms with Crippen molar-refractivity contribution in [2.75, 3.05) is 19.6 Å². The van der Waals surface area contributed by atoms with Gasteiger partial charge in [-0.3, -0.25) is 14.4 Å². The van der Waals surface area contributed by atoms with E-state index < -0.39 is 0 Å². The molecule has 0 aromatic heterocycles.